The molecule has 3 rings (SSSR count). The average molecular weight is 471 g/mol. The van der Waals surface area contributed by atoms with Gasteiger partial charge in [-0.3, -0.25) is 29.3 Å². The molecule has 0 radical (unpaired) electrons. The van der Waals surface area contributed by atoms with E-state index in [2.05, 4.69) is 16.0 Å². The van der Waals surface area contributed by atoms with Crippen LogP contribution in [0.4, 0.5) is 10.1 Å². The highest BCUT2D eigenvalue weighted by atomic mass is 19.1. The van der Waals surface area contributed by atoms with Gasteiger partial charge in [-0.2, -0.15) is 4.39 Å². The fraction of sp³-hybridized carbons (Fsp3) is 0.273. The van der Waals surface area contributed by atoms with Crippen LogP contribution in [0.3, 0.4) is 0 Å². The van der Waals surface area contributed by atoms with Gasteiger partial charge in [-0.15, -0.1) is 0 Å². The predicted molar refractivity (Wildman–Crippen MR) is 117 cm³/mol. The smallest absolute Gasteiger partial charge is 0.305 e. The van der Waals surface area contributed by atoms with E-state index in [9.17, 15) is 33.7 Å². The summed E-state index contributed by atoms with van der Waals surface area (Å²) < 4.78 is 13.5. The summed E-state index contributed by atoms with van der Waals surface area (Å²) >= 11 is 0. The number of piperazine rings is 1. The number of nitrogens with zero attached hydrogens (tertiary/aromatic N) is 1. The van der Waals surface area contributed by atoms with Gasteiger partial charge in [0.15, 0.2) is 0 Å². The zero-order chi connectivity index (χ0) is 24.8. The van der Waals surface area contributed by atoms with Crippen LogP contribution < -0.4 is 21.7 Å². The van der Waals surface area contributed by atoms with E-state index in [-0.39, 0.29) is 18.4 Å². The van der Waals surface area contributed by atoms with Crippen LogP contribution in [0.5, 0.6) is 0 Å². The number of nitrogens with two attached hydrogens (primary N) is 1. The van der Waals surface area contributed by atoms with E-state index in [1.54, 1.807) is 0 Å². The van der Waals surface area contributed by atoms with Crippen molar-refractivity contribution in [3.8, 4) is 0 Å². The van der Waals surface area contributed by atoms with Crippen molar-refractivity contribution in [3.63, 3.8) is 0 Å². The largest absolute Gasteiger partial charge is 0.368 e. The molecule has 1 aliphatic rings. The standard InChI is InChI=1S/C22H22FN5O6/c23-14-7-6-13(10-18(14)28(33)34)9-15(20(24)30)25-19(29)11-17-22(32)26-16(21(31)27-17)8-12-4-2-1-3-5-12/h1-7,10,15-17H,8-9,11H2,(H2,24,30)(H,25,29)(H,26,32)(H,27,31)/t15-,16-,17-/m0/s1. The van der Waals surface area contributed by atoms with Gasteiger partial charge in [0.05, 0.1) is 11.3 Å². The van der Waals surface area contributed by atoms with Gasteiger partial charge in [0.2, 0.25) is 29.4 Å². The molecule has 178 valence electrons. The van der Waals surface area contributed by atoms with Crippen molar-refractivity contribution in [1.82, 2.24) is 16.0 Å². The van der Waals surface area contributed by atoms with E-state index >= 15 is 0 Å². The number of hydrogen-bond donors (Lipinski definition) is 4. The Labute approximate surface area is 193 Å². The van der Waals surface area contributed by atoms with Crippen LogP contribution in [0.25, 0.3) is 0 Å². The lowest BCUT2D eigenvalue weighted by molar-refractivity contribution is -0.387. The van der Waals surface area contributed by atoms with Crippen molar-refractivity contribution < 1.29 is 28.5 Å². The number of nitro groups is 1. The lowest BCUT2D eigenvalue weighted by atomic mass is 10.0. The molecule has 12 heteroatoms. The van der Waals surface area contributed by atoms with E-state index in [1.807, 2.05) is 30.3 Å². The number of carbonyl (C=O) groups excluding carboxylic acids is 4. The molecule has 5 N–H and O–H groups in total. The third kappa shape index (κ3) is 6.12. The molecule has 2 aromatic rings. The van der Waals surface area contributed by atoms with Gasteiger partial charge in [0.25, 0.3) is 0 Å². The molecule has 34 heavy (non-hydrogen) atoms. The maximum atomic E-state index is 13.5. The van der Waals surface area contributed by atoms with Crippen LogP contribution >= 0.6 is 0 Å². The zero-order valence-corrected chi connectivity index (χ0v) is 17.8. The number of hydrogen-bond acceptors (Lipinski definition) is 6. The molecule has 1 fully saturated rings. The van der Waals surface area contributed by atoms with E-state index in [1.165, 1.54) is 6.07 Å². The lowest BCUT2D eigenvalue weighted by Gasteiger charge is -2.29. The summed E-state index contributed by atoms with van der Waals surface area (Å²) in [6.07, 6.45) is -0.404. The van der Waals surface area contributed by atoms with E-state index in [0.29, 0.717) is 0 Å². The third-order valence-corrected chi connectivity index (χ3v) is 5.26. The van der Waals surface area contributed by atoms with Crippen molar-refractivity contribution in [2.24, 2.45) is 5.73 Å². The average Bonchev–Trinajstić information content (AvgIpc) is 2.78. The van der Waals surface area contributed by atoms with E-state index < -0.39 is 64.6 Å². The molecule has 0 unspecified atom stereocenters. The zero-order valence-electron chi connectivity index (χ0n) is 17.8. The fourth-order valence-electron chi connectivity index (χ4n) is 3.54. The van der Waals surface area contributed by atoms with Crippen molar-refractivity contribution >= 4 is 29.3 Å². The summed E-state index contributed by atoms with van der Waals surface area (Å²) in [4.78, 5) is 59.1. The summed E-state index contributed by atoms with van der Waals surface area (Å²) in [6, 6.07) is 8.92. The molecule has 0 spiro atoms. The molecule has 0 aliphatic carbocycles. The molecule has 0 bridgehead atoms. The molecule has 2 aromatic carbocycles. The molecule has 1 aliphatic heterocycles. The van der Waals surface area contributed by atoms with Crippen LogP contribution in [0.15, 0.2) is 48.5 Å². The fourth-order valence-corrected chi connectivity index (χ4v) is 3.54. The highest BCUT2D eigenvalue weighted by Crippen LogP contribution is 2.19. The second kappa shape index (κ2) is 10.5. The molecule has 1 saturated heterocycles. The molecule has 11 nitrogen and oxygen atoms in total. The Bertz CT molecular complexity index is 1130. The Morgan fingerprint density at radius 1 is 1.06 bits per heavy atom. The molecule has 4 amide bonds. The summed E-state index contributed by atoms with van der Waals surface area (Å²) in [7, 11) is 0. The molecule has 0 aromatic heterocycles. The second-order valence-electron chi connectivity index (χ2n) is 7.79. The van der Waals surface area contributed by atoms with Crippen LogP contribution in [-0.4, -0.2) is 46.7 Å². The number of primary amides is 1. The molecule has 0 saturated carbocycles. The predicted octanol–water partition coefficient (Wildman–Crippen LogP) is -0.137. The van der Waals surface area contributed by atoms with E-state index in [0.717, 1.165) is 17.7 Å². The Morgan fingerprint density at radius 3 is 2.35 bits per heavy atom. The number of rotatable bonds is 9. The van der Waals surface area contributed by atoms with Gasteiger partial charge < -0.3 is 21.7 Å². The first-order valence-electron chi connectivity index (χ1n) is 10.3. The van der Waals surface area contributed by atoms with Crippen LogP contribution in [-0.2, 0) is 32.0 Å². The molecule has 1 heterocycles. The lowest BCUT2D eigenvalue weighted by Crippen LogP contribution is -2.63. The summed E-state index contributed by atoms with van der Waals surface area (Å²) in [5, 5.41) is 18.3. The van der Waals surface area contributed by atoms with Crippen LogP contribution in [0.2, 0.25) is 0 Å². The van der Waals surface area contributed by atoms with Gasteiger partial charge in [-0.05, 0) is 17.2 Å². The Kier molecular flexibility index (Phi) is 7.51. The Morgan fingerprint density at radius 2 is 1.71 bits per heavy atom. The number of benzene rings is 2. The maximum Gasteiger partial charge on any atom is 0.305 e. The van der Waals surface area contributed by atoms with Gasteiger partial charge in [-0.1, -0.05) is 36.4 Å². The Hall–Kier alpha value is -4.35. The van der Waals surface area contributed by atoms with E-state index in [4.69, 9.17) is 5.73 Å². The maximum absolute atomic E-state index is 13.5. The number of nitrogens with one attached hydrogen (secondary N) is 3. The number of nitro benzene ring substituents is 1. The normalized spacial score (nSPS) is 18.4. The minimum Gasteiger partial charge on any atom is -0.368 e. The summed E-state index contributed by atoms with van der Waals surface area (Å²) in [5.74, 6) is -3.73. The second-order valence-corrected chi connectivity index (χ2v) is 7.79. The summed E-state index contributed by atoms with van der Waals surface area (Å²) in [5.41, 5.74) is 5.60. The number of halogens is 1. The minimum absolute atomic E-state index is 0.199. The van der Waals surface area contributed by atoms with Gasteiger partial charge in [0.1, 0.15) is 18.1 Å². The quantitative estimate of drug-likeness (QED) is 0.293. The van der Waals surface area contributed by atoms with Gasteiger partial charge in [0, 0.05) is 18.9 Å². The number of amides is 4. The van der Waals surface area contributed by atoms with Crippen molar-refractivity contribution in [2.45, 2.75) is 37.4 Å². The van der Waals surface area contributed by atoms with Crippen molar-refractivity contribution in [1.29, 1.82) is 0 Å². The topological polar surface area (TPSA) is 174 Å². The SMILES string of the molecule is NC(=O)[C@H](Cc1ccc(F)c([N+](=O)[O-])c1)NC(=O)C[C@@H]1NC(=O)[C@H](Cc2ccccc2)NC1=O. The first-order chi connectivity index (χ1) is 16.1. The van der Waals surface area contributed by atoms with Crippen LogP contribution in [0.1, 0.15) is 17.5 Å². The first kappa shape index (κ1) is 24.3. The van der Waals surface area contributed by atoms with Crippen LogP contribution in [0, 0.1) is 15.9 Å². The van der Waals surface area contributed by atoms with Gasteiger partial charge in [-0.25, -0.2) is 0 Å². The summed E-state index contributed by atoms with van der Waals surface area (Å²) in [6.45, 7) is 0. The number of carbonyl (C=O) groups is 4. The molecular formula is C22H22FN5O6. The molecule has 3 atom stereocenters. The molecular weight excluding hydrogens is 449 g/mol. The third-order valence-electron chi connectivity index (χ3n) is 5.26. The minimum atomic E-state index is -1.27. The monoisotopic (exact) mass is 471 g/mol. The highest BCUT2D eigenvalue weighted by Gasteiger charge is 2.35. The Balaban J connectivity index is 1.59. The van der Waals surface area contributed by atoms with Crippen molar-refractivity contribution in [3.05, 3.63) is 75.6 Å². The van der Waals surface area contributed by atoms with Crippen molar-refractivity contribution in [2.75, 3.05) is 0 Å². The highest BCUT2D eigenvalue weighted by molar-refractivity contribution is 5.99. The van der Waals surface area contributed by atoms with Gasteiger partial charge >= 0.3 is 5.69 Å². The first-order valence-corrected chi connectivity index (χ1v) is 10.3.